The number of alkyl halides is 1. The first-order valence-electron chi connectivity index (χ1n) is 1.99. The predicted octanol–water partition coefficient (Wildman–Crippen LogP) is 1.03. The van der Waals surface area contributed by atoms with Crippen molar-refractivity contribution in [3.8, 4) is 12.3 Å². The number of hydrogen-bond acceptors (Lipinski definition) is 1. The molecule has 0 saturated carbocycles. The minimum Gasteiger partial charge on any atom is -0.368 e. The molecular formula is C5H7BrO. The highest BCUT2D eigenvalue weighted by atomic mass is 79.9. The predicted molar refractivity (Wildman–Crippen MR) is 33.4 cm³/mol. The second kappa shape index (κ2) is 6.00. The molecule has 0 aliphatic rings. The molecule has 0 spiro atoms. The lowest BCUT2D eigenvalue weighted by atomic mass is 10.7. The van der Waals surface area contributed by atoms with Crippen LogP contribution < -0.4 is 0 Å². The topological polar surface area (TPSA) is 9.23 Å². The van der Waals surface area contributed by atoms with Crippen LogP contribution in [0.4, 0.5) is 0 Å². The van der Waals surface area contributed by atoms with E-state index in [1.54, 1.807) is 0 Å². The zero-order chi connectivity index (χ0) is 5.54. The molecule has 0 atom stereocenters. The van der Waals surface area contributed by atoms with E-state index in [1.165, 1.54) is 0 Å². The molecule has 7 heavy (non-hydrogen) atoms. The van der Waals surface area contributed by atoms with Gasteiger partial charge in [0.15, 0.2) is 0 Å². The Balaban J connectivity index is 2.60. The van der Waals surface area contributed by atoms with Crippen molar-refractivity contribution in [2.75, 3.05) is 18.5 Å². The van der Waals surface area contributed by atoms with E-state index in [4.69, 9.17) is 11.2 Å². The second-order valence-corrected chi connectivity index (χ2v) is 1.74. The highest BCUT2D eigenvalue weighted by Crippen LogP contribution is 1.79. The molecule has 40 valence electrons. The van der Waals surface area contributed by atoms with E-state index in [1.807, 2.05) is 0 Å². The zero-order valence-corrected chi connectivity index (χ0v) is 5.57. The molecule has 0 aliphatic carbocycles. The summed E-state index contributed by atoms with van der Waals surface area (Å²) in [5.41, 5.74) is 0. The van der Waals surface area contributed by atoms with Crippen LogP contribution in [-0.4, -0.2) is 18.5 Å². The van der Waals surface area contributed by atoms with Crippen LogP contribution in [0.5, 0.6) is 0 Å². The third-order valence-electron chi connectivity index (χ3n) is 0.407. The van der Waals surface area contributed by atoms with E-state index in [0.717, 1.165) is 5.33 Å². The van der Waals surface area contributed by atoms with Crippen LogP contribution in [0, 0.1) is 12.3 Å². The molecule has 0 unspecified atom stereocenters. The number of terminal acetylenes is 1. The molecule has 0 N–H and O–H groups in total. The van der Waals surface area contributed by atoms with E-state index >= 15 is 0 Å². The lowest BCUT2D eigenvalue weighted by molar-refractivity contribution is 0.186. The third kappa shape index (κ3) is 6.00. The van der Waals surface area contributed by atoms with Crippen LogP contribution in [0.25, 0.3) is 0 Å². The summed E-state index contributed by atoms with van der Waals surface area (Å²) in [6.07, 6.45) is 4.88. The summed E-state index contributed by atoms with van der Waals surface area (Å²) in [4.78, 5) is 0. The van der Waals surface area contributed by atoms with Gasteiger partial charge in [-0.25, -0.2) is 0 Å². The number of ether oxygens (including phenoxy) is 1. The highest BCUT2D eigenvalue weighted by Gasteiger charge is 1.76. The highest BCUT2D eigenvalue weighted by molar-refractivity contribution is 9.09. The fraction of sp³-hybridized carbons (Fsp3) is 0.600. The van der Waals surface area contributed by atoms with Gasteiger partial charge in [0, 0.05) is 5.33 Å². The minimum absolute atomic E-state index is 0.422. The average molecular weight is 163 g/mol. The molecule has 0 radical (unpaired) electrons. The van der Waals surface area contributed by atoms with Gasteiger partial charge in [0.05, 0.1) is 6.61 Å². The molecule has 0 amide bonds. The zero-order valence-electron chi connectivity index (χ0n) is 3.98. The van der Waals surface area contributed by atoms with Gasteiger partial charge in [0.1, 0.15) is 6.61 Å². The Bertz CT molecular complexity index is 65.0. The van der Waals surface area contributed by atoms with E-state index in [-0.39, 0.29) is 0 Å². The fourth-order valence-electron chi connectivity index (χ4n) is 0.186. The lowest BCUT2D eigenvalue weighted by Gasteiger charge is -1.90. The molecule has 0 rings (SSSR count). The van der Waals surface area contributed by atoms with Crippen LogP contribution in [0.1, 0.15) is 0 Å². The van der Waals surface area contributed by atoms with Crippen LogP contribution in [0.2, 0.25) is 0 Å². The smallest absolute Gasteiger partial charge is 0.107 e. The quantitative estimate of drug-likeness (QED) is 0.343. The van der Waals surface area contributed by atoms with Crippen LogP contribution >= 0.6 is 15.9 Å². The summed E-state index contributed by atoms with van der Waals surface area (Å²) < 4.78 is 4.85. The summed E-state index contributed by atoms with van der Waals surface area (Å²) in [5, 5.41) is 0.856. The monoisotopic (exact) mass is 162 g/mol. The van der Waals surface area contributed by atoms with Crippen LogP contribution in [0.15, 0.2) is 0 Å². The Kier molecular flexibility index (Phi) is 6.00. The van der Waals surface area contributed by atoms with Crippen molar-refractivity contribution in [3.63, 3.8) is 0 Å². The van der Waals surface area contributed by atoms with Gasteiger partial charge in [-0.1, -0.05) is 21.9 Å². The first-order valence-corrected chi connectivity index (χ1v) is 3.11. The van der Waals surface area contributed by atoms with Crippen molar-refractivity contribution < 1.29 is 4.74 Å². The minimum atomic E-state index is 0.422. The van der Waals surface area contributed by atoms with Crippen molar-refractivity contribution >= 4 is 15.9 Å². The molecule has 1 nitrogen and oxygen atoms in total. The third-order valence-corrected chi connectivity index (χ3v) is 0.731. The Labute approximate surface area is 52.2 Å². The molecule has 0 aromatic heterocycles. The summed E-state index contributed by atoms with van der Waals surface area (Å²) in [6, 6.07) is 0. The Morgan fingerprint density at radius 2 is 2.43 bits per heavy atom. The maximum Gasteiger partial charge on any atom is 0.107 e. The van der Waals surface area contributed by atoms with Gasteiger partial charge < -0.3 is 4.74 Å². The Hall–Kier alpha value is 0. The number of rotatable bonds is 3. The van der Waals surface area contributed by atoms with Gasteiger partial charge in [0.25, 0.3) is 0 Å². The van der Waals surface area contributed by atoms with Crippen molar-refractivity contribution in [1.29, 1.82) is 0 Å². The molecule has 0 fully saturated rings. The Morgan fingerprint density at radius 1 is 1.71 bits per heavy atom. The van der Waals surface area contributed by atoms with Gasteiger partial charge in [-0.2, -0.15) is 0 Å². The summed E-state index contributed by atoms with van der Waals surface area (Å²) >= 11 is 3.19. The summed E-state index contributed by atoms with van der Waals surface area (Å²) in [6.45, 7) is 1.12. The fourth-order valence-corrected chi connectivity index (χ4v) is 0.415. The normalized spacial score (nSPS) is 8.00. The van der Waals surface area contributed by atoms with Gasteiger partial charge in [-0.3, -0.25) is 0 Å². The van der Waals surface area contributed by atoms with E-state index in [2.05, 4.69) is 21.9 Å². The Morgan fingerprint density at radius 3 is 2.86 bits per heavy atom. The van der Waals surface area contributed by atoms with Crippen LogP contribution in [-0.2, 0) is 4.74 Å². The van der Waals surface area contributed by atoms with Crippen molar-refractivity contribution in [2.24, 2.45) is 0 Å². The summed E-state index contributed by atoms with van der Waals surface area (Å²) in [5.74, 6) is 2.36. The SMILES string of the molecule is C#CCOCCBr. The van der Waals surface area contributed by atoms with Crippen molar-refractivity contribution in [3.05, 3.63) is 0 Å². The molecule has 0 bridgehead atoms. The molecule has 0 aromatic rings. The van der Waals surface area contributed by atoms with E-state index in [0.29, 0.717) is 13.2 Å². The van der Waals surface area contributed by atoms with Crippen LogP contribution in [0.3, 0.4) is 0 Å². The molecule has 0 heterocycles. The van der Waals surface area contributed by atoms with E-state index < -0.39 is 0 Å². The molecule has 2 heteroatoms. The first kappa shape index (κ1) is 7.00. The van der Waals surface area contributed by atoms with Gasteiger partial charge in [-0.15, -0.1) is 6.42 Å². The standard InChI is InChI=1S/C5H7BrO/c1-2-4-7-5-3-6/h1H,3-5H2. The number of hydrogen-bond donors (Lipinski definition) is 0. The second-order valence-electron chi connectivity index (χ2n) is 0.946. The summed E-state index contributed by atoms with van der Waals surface area (Å²) in [7, 11) is 0. The van der Waals surface area contributed by atoms with E-state index in [9.17, 15) is 0 Å². The largest absolute Gasteiger partial charge is 0.368 e. The van der Waals surface area contributed by atoms with Gasteiger partial charge >= 0.3 is 0 Å². The first-order chi connectivity index (χ1) is 3.41. The average Bonchev–Trinajstić information content (AvgIpc) is 1.69. The molecule has 0 aliphatic heterocycles. The van der Waals surface area contributed by atoms with Crippen molar-refractivity contribution in [2.45, 2.75) is 0 Å². The molecule has 0 aromatic carbocycles. The van der Waals surface area contributed by atoms with Gasteiger partial charge in [-0.05, 0) is 0 Å². The maximum atomic E-state index is 4.88. The van der Waals surface area contributed by atoms with Gasteiger partial charge in [0.2, 0.25) is 0 Å². The molecule has 0 saturated heterocycles. The van der Waals surface area contributed by atoms with Crippen molar-refractivity contribution in [1.82, 2.24) is 0 Å². The molecular weight excluding hydrogens is 156 g/mol. The maximum absolute atomic E-state index is 4.88. The number of halogens is 1. The lowest BCUT2D eigenvalue weighted by Crippen LogP contribution is -1.93.